The van der Waals surface area contributed by atoms with Crippen molar-refractivity contribution in [1.29, 1.82) is 0 Å². The summed E-state index contributed by atoms with van der Waals surface area (Å²) >= 11 is 0. The van der Waals surface area contributed by atoms with E-state index in [9.17, 15) is 36.6 Å². The lowest BCUT2D eigenvalue weighted by molar-refractivity contribution is -0.383. The minimum absolute atomic E-state index is 0.0340. The van der Waals surface area contributed by atoms with Gasteiger partial charge in [-0.3, -0.25) is 0 Å². The Bertz CT molecular complexity index is 518. The van der Waals surface area contributed by atoms with E-state index >= 15 is 0 Å². The van der Waals surface area contributed by atoms with E-state index in [4.69, 9.17) is 9.47 Å². The molecular weight excluding hydrogens is 502 g/mol. The van der Waals surface area contributed by atoms with Gasteiger partial charge in [0.25, 0.3) is 0 Å². The van der Waals surface area contributed by atoms with Crippen LogP contribution in [0, 0.1) is 17.3 Å². The van der Waals surface area contributed by atoms with Crippen LogP contribution >= 0.6 is 0 Å². The monoisotopic (exact) mass is 552 g/mol. The van der Waals surface area contributed by atoms with Crippen molar-refractivity contribution < 1.29 is 46.0 Å². The fraction of sp³-hybridized carbons (Fsp3) is 1.00. The fourth-order valence-corrected chi connectivity index (χ4v) is 5.52. The van der Waals surface area contributed by atoms with Crippen LogP contribution in [0.1, 0.15) is 106 Å². The van der Waals surface area contributed by atoms with Gasteiger partial charge in [-0.05, 0) is 76.0 Å². The second-order valence-electron chi connectivity index (χ2n) is 9.60. The molecule has 2 rings (SSSR count). The first-order valence-electron chi connectivity index (χ1n) is 14.1. The summed E-state index contributed by atoms with van der Waals surface area (Å²) in [6, 6.07) is 0. The third-order valence-corrected chi connectivity index (χ3v) is 7.57. The summed E-state index contributed by atoms with van der Waals surface area (Å²) in [6.45, 7) is 11.6. The van der Waals surface area contributed by atoms with Crippen molar-refractivity contribution in [3.05, 3.63) is 0 Å². The molecule has 2 saturated carbocycles. The van der Waals surface area contributed by atoms with E-state index in [-0.39, 0.29) is 64.6 Å². The molecule has 0 aliphatic heterocycles. The van der Waals surface area contributed by atoms with Crippen LogP contribution in [0.25, 0.3) is 0 Å². The first kappa shape index (κ1) is 36.4. The van der Waals surface area contributed by atoms with E-state index in [0.29, 0.717) is 12.8 Å². The Morgan fingerprint density at radius 1 is 0.595 bits per heavy atom. The number of rotatable bonds is 10. The Kier molecular flexibility index (Phi) is 16.9. The van der Waals surface area contributed by atoms with Crippen LogP contribution in [0.3, 0.4) is 0 Å². The molecule has 2 N–H and O–H groups in total. The van der Waals surface area contributed by atoms with E-state index in [0.717, 1.165) is 0 Å². The Labute approximate surface area is 219 Å². The molecule has 0 heterocycles. The fourth-order valence-electron chi connectivity index (χ4n) is 5.52. The van der Waals surface area contributed by atoms with Gasteiger partial charge in [-0.2, -0.15) is 26.3 Å². The molecule has 0 saturated heterocycles. The number of aliphatic hydroxyl groups is 2. The average Bonchev–Trinajstić information content (AvgIpc) is 2.88. The summed E-state index contributed by atoms with van der Waals surface area (Å²) in [5, 5.41) is 19.2. The highest BCUT2D eigenvalue weighted by Crippen LogP contribution is 2.64. The van der Waals surface area contributed by atoms with Gasteiger partial charge in [0.05, 0.1) is 37.6 Å². The molecule has 0 spiro atoms. The third-order valence-electron chi connectivity index (χ3n) is 7.57. The van der Waals surface area contributed by atoms with Gasteiger partial charge in [0, 0.05) is 0 Å². The largest absolute Gasteiger partial charge is 0.403 e. The van der Waals surface area contributed by atoms with E-state index in [1.165, 1.54) is 0 Å². The highest BCUT2D eigenvalue weighted by atomic mass is 19.4. The predicted molar refractivity (Wildman–Crippen MR) is 133 cm³/mol. The van der Waals surface area contributed by atoms with Gasteiger partial charge in [0.15, 0.2) is 5.41 Å². The minimum Gasteiger partial charge on any atom is -0.391 e. The van der Waals surface area contributed by atoms with Gasteiger partial charge in [-0.1, -0.05) is 41.5 Å². The number of halogens is 6. The summed E-state index contributed by atoms with van der Waals surface area (Å²) in [4.78, 5) is 0. The zero-order chi connectivity index (χ0) is 28.9. The Morgan fingerprint density at radius 3 is 1.08 bits per heavy atom. The topological polar surface area (TPSA) is 58.9 Å². The molecule has 2 aliphatic rings. The number of hydrogen-bond donors (Lipinski definition) is 2. The van der Waals surface area contributed by atoms with Gasteiger partial charge in [-0.15, -0.1) is 0 Å². The standard InChI is InChI=1S/C23H38F6O4.2C2H6/c1-3-17(30)13-32-19-9-5-15(6-10-19)21(22(24,25)26,23(27,28)29)16-7-11-20(12-8-16)33-14-18(31)4-2;2*1-2/h15-20,30-31H,3-14H2,1-2H3;2*1-2H3. The second kappa shape index (κ2) is 17.2. The molecule has 10 heteroatoms. The van der Waals surface area contributed by atoms with Crippen molar-refractivity contribution in [2.75, 3.05) is 13.2 Å². The summed E-state index contributed by atoms with van der Waals surface area (Å²) < 4.78 is 97.4. The average molecular weight is 553 g/mol. The molecule has 0 aromatic heterocycles. The first-order valence-corrected chi connectivity index (χ1v) is 14.1. The third kappa shape index (κ3) is 9.84. The zero-order valence-corrected chi connectivity index (χ0v) is 23.4. The van der Waals surface area contributed by atoms with E-state index in [2.05, 4.69) is 0 Å². The van der Waals surface area contributed by atoms with E-state index < -0.39 is 54.0 Å². The van der Waals surface area contributed by atoms with Crippen LogP contribution in [-0.2, 0) is 9.47 Å². The summed E-state index contributed by atoms with van der Waals surface area (Å²) in [5.74, 6) is -3.12. The Balaban J connectivity index is 0.00000308. The highest BCUT2D eigenvalue weighted by Gasteiger charge is 2.76. The van der Waals surface area contributed by atoms with Gasteiger partial charge in [-0.25, -0.2) is 0 Å². The van der Waals surface area contributed by atoms with Crippen LogP contribution in [-0.4, -0.2) is 60.2 Å². The molecule has 0 bridgehead atoms. The maximum absolute atomic E-state index is 14.4. The quantitative estimate of drug-likeness (QED) is 0.271. The summed E-state index contributed by atoms with van der Waals surface area (Å²) in [7, 11) is 0. The molecule has 0 radical (unpaired) electrons. The summed E-state index contributed by atoms with van der Waals surface area (Å²) in [6.07, 6.45) is -12.6. The minimum atomic E-state index is -5.42. The first-order chi connectivity index (χ1) is 17.4. The second-order valence-corrected chi connectivity index (χ2v) is 9.60. The summed E-state index contributed by atoms with van der Waals surface area (Å²) in [5.41, 5.74) is -3.75. The maximum atomic E-state index is 14.4. The molecule has 2 atom stereocenters. The molecule has 224 valence electrons. The van der Waals surface area contributed by atoms with Gasteiger partial charge in [0.2, 0.25) is 0 Å². The lowest BCUT2D eigenvalue weighted by atomic mass is 9.57. The van der Waals surface area contributed by atoms with Crippen molar-refractivity contribution in [2.24, 2.45) is 17.3 Å². The number of aliphatic hydroxyl groups excluding tert-OH is 2. The maximum Gasteiger partial charge on any atom is 0.403 e. The van der Waals surface area contributed by atoms with Crippen molar-refractivity contribution in [3.8, 4) is 0 Å². The van der Waals surface area contributed by atoms with Gasteiger partial charge < -0.3 is 19.7 Å². The lowest BCUT2D eigenvalue weighted by Crippen LogP contribution is -2.61. The van der Waals surface area contributed by atoms with Crippen LogP contribution in [0.4, 0.5) is 26.3 Å². The molecule has 2 aliphatic carbocycles. The molecule has 4 nitrogen and oxygen atoms in total. The van der Waals surface area contributed by atoms with Gasteiger partial charge >= 0.3 is 12.4 Å². The SMILES string of the molecule is CC.CC.CCC(O)COC1CCC(C(C2CCC(OCC(O)CC)CC2)(C(F)(F)F)C(F)(F)F)CC1. The molecular formula is C27H50F6O4. The van der Waals surface area contributed by atoms with Crippen LogP contribution in [0.5, 0.6) is 0 Å². The smallest absolute Gasteiger partial charge is 0.391 e. The number of ether oxygens (including phenoxy) is 2. The van der Waals surface area contributed by atoms with Crippen LogP contribution in [0.15, 0.2) is 0 Å². The van der Waals surface area contributed by atoms with Crippen molar-refractivity contribution in [3.63, 3.8) is 0 Å². The highest BCUT2D eigenvalue weighted by molar-refractivity contribution is 5.05. The lowest BCUT2D eigenvalue weighted by Gasteiger charge is -2.51. The van der Waals surface area contributed by atoms with Gasteiger partial charge in [0.1, 0.15) is 0 Å². The molecule has 37 heavy (non-hydrogen) atoms. The molecule has 0 aromatic rings. The van der Waals surface area contributed by atoms with Crippen LogP contribution in [0.2, 0.25) is 0 Å². The zero-order valence-electron chi connectivity index (χ0n) is 23.4. The predicted octanol–water partition coefficient (Wildman–Crippen LogP) is 7.84. The van der Waals surface area contributed by atoms with E-state index in [1.54, 1.807) is 13.8 Å². The van der Waals surface area contributed by atoms with Crippen molar-refractivity contribution in [2.45, 2.75) is 143 Å². The van der Waals surface area contributed by atoms with E-state index in [1.807, 2.05) is 27.7 Å². The van der Waals surface area contributed by atoms with Crippen LogP contribution < -0.4 is 0 Å². The molecule has 0 amide bonds. The Morgan fingerprint density at radius 2 is 0.865 bits per heavy atom. The molecule has 2 fully saturated rings. The Hall–Kier alpha value is -0.580. The normalized spacial score (nSPS) is 26.8. The molecule has 2 unspecified atom stereocenters. The van der Waals surface area contributed by atoms with Crippen molar-refractivity contribution in [1.82, 2.24) is 0 Å². The number of alkyl halides is 6. The number of hydrogen-bond acceptors (Lipinski definition) is 4. The molecule has 0 aromatic carbocycles. The van der Waals surface area contributed by atoms with Crippen molar-refractivity contribution >= 4 is 0 Å².